The molecule has 1 atom stereocenters. The van der Waals surface area contributed by atoms with Crippen LogP contribution >= 0.6 is 12.4 Å². The fraction of sp³-hybridized carbons (Fsp3) is 0.600. The van der Waals surface area contributed by atoms with Gasteiger partial charge < -0.3 is 15.1 Å². The maximum absolute atomic E-state index is 12.6. The van der Waals surface area contributed by atoms with Crippen LogP contribution in [0.15, 0.2) is 30.3 Å². The molecule has 1 saturated heterocycles. The number of piperazine rings is 1. The molecule has 0 spiro atoms. The van der Waals surface area contributed by atoms with E-state index in [9.17, 15) is 9.59 Å². The Hall–Kier alpha value is -1.59. The fourth-order valence-electron chi connectivity index (χ4n) is 3.14. The summed E-state index contributed by atoms with van der Waals surface area (Å²) in [7, 11) is 1.82. The third-order valence-electron chi connectivity index (χ3n) is 4.77. The average molecular weight is 382 g/mol. The van der Waals surface area contributed by atoms with E-state index >= 15 is 0 Å². The van der Waals surface area contributed by atoms with Gasteiger partial charge in [-0.2, -0.15) is 0 Å². The van der Waals surface area contributed by atoms with E-state index in [0.717, 1.165) is 51.9 Å². The molecule has 1 aliphatic rings. The van der Waals surface area contributed by atoms with Crippen molar-refractivity contribution in [2.24, 2.45) is 0 Å². The number of hydrogen-bond donors (Lipinski definition) is 1. The number of halogens is 1. The van der Waals surface area contributed by atoms with E-state index in [1.165, 1.54) is 5.56 Å². The number of benzene rings is 1. The highest BCUT2D eigenvalue weighted by Crippen LogP contribution is 2.10. The Morgan fingerprint density at radius 2 is 2.00 bits per heavy atom. The zero-order chi connectivity index (χ0) is 18.1. The van der Waals surface area contributed by atoms with Crippen molar-refractivity contribution in [3.63, 3.8) is 0 Å². The van der Waals surface area contributed by atoms with E-state index in [0.29, 0.717) is 0 Å². The molecule has 0 radical (unpaired) electrons. The van der Waals surface area contributed by atoms with Gasteiger partial charge in [-0.3, -0.25) is 9.59 Å². The molecular weight excluding hydrogens is 350 g/mol. The van der Waals surface area contributed by atoms with Gasteiger partial charge in [-0.05, 0) is 24.8 Å². The van der Waals surface area contributed by atoms with Crippen LogP contribution in [-0.2, 0) is 16.0 Å². The molecule has 5 nitrogen and oxygen atoms in total. The summed E-state index contributed by atoms with van der Waals surface area (Å²) < 4.78 is 0. The van der Waals surface area contributed by atoms with Gasteiger partial charge in [0.15, 0.2) is 0 Å². The maximum atomic E-state index is 12.6. The van der Waals surface area contributed by atoms with E-state index in [2.05, 4.69) is 24.4 Å². The molecule has 1 N–H and O–H groups in total. The van der Waals surface area contributed by atoms with Crippen LogP contribution in [-0.4, -0.2) is 60.9 Å². The number of hydrogen-bond acceptors (Lipinski definition) is 3. The van der Waals surface area contributed by atoms with E-state index in [1.807, 2.05) is 30.1 Å². The molecule has 6 heteroatoms. The van der Waals surface area contributed by atoms with Crippen molar-refractivity contribution in [3.8, 4) is 0 Å². The van der Waals surface area contributed by atoms with E-state index in [-0.39, 0.29) is 36.7 Å². The molecule has 1 aromatic carbocycles. The molecule has 1 unspecified atom stereocenters. The van der Waals surface area contributed by atoms with Crippen molar-refractivity contribution in [1.82, 2.24) is 15.1 Å². The summed E-state index contributed by atoms with van der Waals surface area (Å²) in [4.78, 5) is 28.6. The van der Waals surface area contributed by atoms with Gasteiger partial charge in [-0.15, -0.1) is 12.4 Å². The predicted octanol–water partition coefficient (Wildman–Crippen LogP) is 2.49. The summed E-state index contributed by atoms with van der Waals surface area (Å²) in [5.41, 5.74) is 1.30. The van der Waals surface area contributed by atoms with Gasteiger partial charge in [0.25, 0.3) is 0 Å². The third-order valence-corrected chi connectivity index (χ3v) is 4.77. The first-order chi connectivity index (χ1) is 12.1. The molecule has 1 aliphatic heterocycles. The van der Waals surface area contributed by atoms with Crippen LogP contribution in [0, 0.1) is 0 Å². The fourth-order valence-corrected chi connectivity index (χ4v) is 3.14. The van der Waals surface area contributed by atoms with Crippen molar-refractivity contribution in [2.45, 2.75) is 45.1 Å². The molecule has 1 fully saturated rings. The van der Waals surface area contributed by atoms with Gasteiger partial charge in [-0.1, -0.05) is 43.7 Å². The second-order valence-corrected chi connectivity index (χ2v) is 6.79. The van der Waals surface area contributed by atoms with Gasteiger partial charge in [-0.25, -0.2) is 0 Å². The number of aryl methyl sites for hydroxylation is 1. The van der Waals surface area contributed by atoms with Gasteiger partial charge in [0.2, 0.25) is 11.8 Å². The minimum Gasteiger partial charge on any atom is -0.346 e. The summed E-state index contributed by atoms with van der Waals surface area (Å²) in [5.74, 6) is 0.113. The molecule has 1 heterocycles. The lowest BCUT2D eigenvalue weighted by Crippen LogP contribution is -2.56. The molecule has 146 valence electrons. The summed E-state index contributed by atoms with van der Waals surface area (Å²) >= 11 is 0. The van der Waals surface area contributed by atoms with Crippen LogP contribution < -0.4 is 5.32 Å². The van der Waals surface area contributed by atoms with Crippen molar-refractivity contribution >= 4 is 24.2 Å². The Morgan fingerprint density at radius 3 is 2.69 bits per heavy atom. The maximum Gasteiger partial charge on any atom is 0.240 e. The first-order valence-corrected chi connectivity index (χ1v) is 9.42. The Balaban J connectivity index is 0.00000338. The molecule has 0 aromatic heterocycles. The van der Waals surface area contributed by atoms with Gasteiger partial charge in [0.1, 0.15) is 0 Å². The van der Waals surface area contributed by atoms with E-state index in [4.69, 9.17) is 0 Å². The Labute approximate surface area is 163 Å². The molecule has 2 rings (SSSR count). The molecule has 0 saturated carbocycles. The van der Waals surface area contributed by atoms with Crippen LogP contribution in [0.5, 0.6) is 0 Å². The number of amides is 2. The lowest BCUT2D eigenvalue weighted by molar-refractivity contribution is -0.140. The van der Waals surface area contributed by atoms with Gasteiger partial charge >= 0.3 is 0 Å². The smallest absolute Gasteiger partial charge is 0.240 e. The monoisotopic (exact) mass is 381 g/mol. The standard InChI is InChI=1S/C20H31N3O2.ClH/c1-3-4-13-22(2)19(24)16-18-20(25)23(15-12-21-18)14-8-11-17-9-6-5-7-10-17;/h5-7,9-10,18,21H,3-4,8,11-16H2,1-2H3;1H. The zero-order valence-electron chi connectivity index (χ0n) is 15.9. The number of carbonyl (C=O) groups excluding carboxylic acids is 2. The van der Waals surface area contributed by atoms with Crippen LogP contribution in [0.1, 0.15) is 38.2 Å². The number of nitrogens with zero attached hydrogens (tertiary/aromatic N) is 2. The van der Waals surface area contributed by atoms with E-state index in [1.54, 1.807) is 4.90 Å². The summed E-state index contributed by atoms with van der Waals surface area (Å²) in [6.07, 6.45) is 4.25. The van der Waals surface area contributed by atoms with E-state index < -0.39 is 0 Å². The predicted molar refractivity (Wildman–Crippen MR) is 108 cm³/mol. The summed E-state index contributed by atoms with van der Waals surface area (Å²) in [5, 5.41) is 3.21. The molecule has 0 bridgehead atoms. The Bertz CT molecular complexity index is 553. The molecule has 1 aromatic rings. The normalized spacial score (nSPS) is 16.9. The first kappa shape index (κ1) is 22.5. The van der Waals surface area contributed by atoms with Crippen molar-refractivity contribution < 1.29 is 9.59 Å². The second kappa shape index (κ2) is 11.9. The number of unbranched alkanes of at least 4 members (excludes halogenated alkanes) is 1. The van der Waals surface area contributed by atoms with Gasteiger partial charge in [0.05, 0.1) is 12.5 Å². The Morgan fingerprint density at radius 1 is 1.27 bits per heavy atom. The topological polar surface area (TPSA) is 52.7 Å². The second-order valence-electron chi connectivity index (χ2n) is 6.79. The van der Waals surface area contributed by atoms with Crippen LogP contribution in [0.25, 0.3) is 0 Å². The quantitative estimate of drug-likeness (QED) is 0.715. The minimum absolute atomic E-state index is 0. The average Bonchev–Trinajstić information content (AvgIpc) is 2.63. The summed E-state index contributed by atoms with van der Waals surface area (Å²) in [6.45, 7) is 5.11. The SMILES string of the molecule is CCCCN(C)C(=O)CC1NCCN(CCCc2ccccc2)C1=O.Cl. The van der Waals surface area contributed by atoms with Crippen LogP contribution in [0.4, 0.5) is 0 Å². The summed E-state index contributed by atoms with van der Waals surface area (Å²) in [6, 6.07) is 9.97. The first-order valence-electron chi connectivity index (χ1n) is 9.42. The highest BCUT2D eigenvalue weighted by molar-refractivity contribution is 5.88. The Kier molecular flexibility index (Phi) is 10.3. The minimum atomic E-state index is -0.373. The van der Waals surface area contributed by atoms with Gasteiger partial charge in [0, 0.05) is 33.2 Å². The van der Waals surface area contributed by atoms with Crippen LogP contribution in [0.3, 0.4) is 0 Å². The highest BCUT2D eigenvalue weighted by atomic mass is 35.5. The number of rotatable bonds is 9. The van der Waals surface area contributed by atoms with Crippen molar-refractivity contribution in [2.75, 3.05) is 33.2 Å². The molecule has 0 aliphatic carbocycles. The number of carbonyl (C=O) groups is 2. The molecule has 2 amide bonds. The van der Waals surface area contributed by atoms with Crippen molar-refractivity contribution in [1.29, 1.82) is 0 Å². The van der Waals surface area contributed by atoms with Crippen molar-refractivity contribution in [3.05, 3.63) is 35.9 Å². The zero-order valence-corrected chi connectivity index (χ0v) is 16.8. The largest absolute Gasteiger partial charge is 0.346 e. The lowest BCUT2D eigenvalue weighted by Gasteiger charge is -2.33. The lowest BCUT2D eigenvalue weighted by atomic mass is 10.1. The van der Waals surface area contributed by atoms with Crippen LogP contribution in [0.2, 0.25) is 0 Å². The highest BCUT2D eigenvalue weighted by Gasteiger charge is 2.30. The third kappa shape index (κ3) is 6.96. The molecule has 26 heavy (non-hydrogen) atoms. The molecular formula is C20H32ClN3O2. The number of nitrogens with one attached hydrogen (secondary N) is 1.